The fourth-order valence-electron chi connectivity index (χ4n) is 2.70. The molecule has 0 radical (unpaired) electrons. The molecular weight excluding hydrogens is 476 g/mol. The number of benzene rings is 1. The molecule has 0 fully saturated rings. The lowest BCUT2D eigenvalue weighted by molar-refractivity contribution is -0.143. The van der Waals surface area contributed by atoms with E-state index in [9.17, 15) is 34.8 Å². The number of alkyl halides is 6. The standard InChI is InChI=1S/C20H27F6NO3SSi/c1-18(2,3)32(4,5)30-12-14-7-6-13(14)11-27-31(28,29)17-9-15(19(21,22)23)8-16(10-17)20(24,25)26/h8-10,27H,6-7,11-12H2,1-5H3. The van der Waals surface area contributed by atoms with Crippen LogP contribution in [0.25, 0.3) is 0 Å². The molecule has 4 nitrogen and oxygen atoms in total. The zero-order valence-electron chi connectivity index (χ0n) is 18.5. The highest BCUT2D eigenvalue weighted by Gasteiger charge is 2.39. The zero-order valence-corrected chi connectivity index (χ0v) is 20.3. The molecular formula is C20H27F6NO3SSi. The van der Waals surface area contributed by atoms with E-state index in [0.717, 1.165) is 11.1 Å². The Kier molecular flexibility index (Phi) is 7.36. The van der Waals surface area contributed by atoms with Crippen LogP contribution in [0, 0.1) is 0 Å². The molecule has 1 aliphatic carbocycles. The summed E-state index contributed by atoms with van der Waals surface area (Å²) in [6, 6.07) is 0.298. The van der Waals surface area contributed by atoms with Crippen LogP contribution in [0.2, 0.25) is 18.1 Å². The van der Waals surface area contributed by atoms with Crippen molar-refractivity contribution in [3.63, 3.8) is 0 Å². The van der Waals surface area contributed by atoms with Gasteiger partial charge in [-0.3, -0.25) is 0 Å². The molecule has 0 amide bonds. The van der Waals surface area contributed by atoms with E-state index >= 15 is 0 Å². The van der Waals surface area contributed by atoms with Gasteiger partial charge in [-0.2, -0.15) is 26.3 Å². The molecule has 1 aliphatic rings. The summed E-state index contributed by atoms with van der Waals surface area (Å²) in [5.41, 5.74) is -1.73. The highest BCUT2D eigenvalue weighted by molar-refractivity contribution is 7.89. The smallest absolute Gasteiger partial charge is 0.413 e. The number of rotatable bonds is 7. The molecule has 12 heteroatoms. The molecule has 1 aromatic carbocycles. The Hall–Kier alpha value is -1.37. The summed E-state index contributed by atoms with van der Waals surface area (Å²) < 4.78 is 111. The van der Waals surface area contributed by atoms with Crippen LogP contribution in [0.4, 0.5) is 26.3 Å². The zero-order chi connectivity index (χ0) is 24.8. The summed E-state index contributed by atoms with van der Waals surface area (Å²) in [5, 5.41) is -0.0151. The van der Waals surface area contributed by atoms with Crippen LogP contribution in [0.3, 0.4) is 0 Å². The summed E-state index contributed by atoms with van der Waals surface area (Å²) in [6.45, 7) is 10.5. The van der Waals surface area contributed by atoms with Gasteiger partial charge < -0.3 is 4.43 Å². The normalized spacial score (nSPS) is 16.3. The Balaban J connectivity index is 2.21. The molecule has 0 unspecified atom stereocenters. The van der Waals surface area contributed by atoms with Gasteiger partial charge in [0.25, 0.3) is 0 Å². The topological polar surface area (TPSA) is 55.4 Å². The second kappa shape index (κ2) is 8.77. The van der Waals surface area contributed by atoms with E-state index in [2.05, 4.69) is 38.6 Å². The van der Waals surface area contributed by atoms with Crippen molar-refractivity contribution in [3.8, 4) is 0 Å². The molecule has 0 saturated carbocycles. The Morgan fingerprint density at radius 2 is 1.38 bits per heavy atom. The van der Waals surface area contributed by atoms with Gasteiger partial charge in [0.05, 0.1) is 22.6 Å². The number of hydrogen-bond acceptors (Lipinski definition) is 3. The fourth-order valence-corrected chi connectivity index (χ4v) is 4.76. The second-order valence-electron chi connectivity index (χ2n) is 9.32. The minimum absolute atomic E-state index is 0.0151. The van der Waals surface area contributed by atoms with Gasteiger partial charge in [0.2, 0.25) is 10.0 Å². The molecule has 0 atom stereocenters. The predicted octanol–water partition coefficient (Wildman–Crippen LogP) is 6.11. The highest BCUT2D eigenvalue weighted by atomic mass is 32.2. The number of halogens is 6. The second-order valence-corrected chi connectivity index (χ2v) is 15.9. The van der Waals surface area contributed by atoms with Crippen LogP contribution in [-0.2, 0) is 26.8 Å². The Bertz CT molecular complexity index is 960. The van der Waals surface area contributed by atoms with Crippen LogP contribution >= 0.6 is 0 Å². The average molecular weight is 504 g/mol. The van der Waals surface area contributed by atoms with Crippen molar-refractivity contribution < 1.29 is 39.2 Å². The number of sulfonamides is 1. The molecule has 32 heavy (non-hydrogen) atoms. The van der Waals surface area contributed by atoms with Crippen molar-refractivity contribution in [2.24, 2.45) is 0 Å². The Morgan fingerprint density at radius 1 is 0.906 bits per heavy atom. The van der Waals surface area contributed by atoms with E-state index < -0.39 is 46.7 Å². The first-order valence-electron chi connectivity index (χ1n) is 9.87. The summed E-state index contributed by atoms with van der Waals surface area (Å²) >= 11 is 0. The van der Waals surface area contributed by atoms with Gasteiger partial charge >= 0.3 is 12.4 Å². The van der Waals surface area contributed by atoms with Gasteiger partial charge in [0.15, 0.2) is 8.32 Å². The maximum atomic E-state index is 13.0. The van der Waals surface area contributed by atoms with Gasteiger partial charge in [0, 0.05) is 6.54 Å². The maximum absolute atomic E-state index is 13.0. The molecule has 0 aliphatic heterocycles. The third-order valence-electron chi connectivity index (χ3n) is 5.99. The van der Waals surface area contributed by atoms with Crippen molar-refractivity contribution in [1.29, 1.82) is 0 Å². The minimum atomic E-state index is -5.13. The SMILES string of the molecule is CC(C)(C)[Si](C)(C)OCC1=C(CNS(=O)(=O)c2cc(C(F)(F)F)cc(C(F)(F)F)c2)CC1. The first-order chi connectivity index (χ1) is 14.2. The molecule has 0 aromatic heterocycles. The van der Waals surface area contributed by atoms with Gasteiger partial charge in [0.1, 0.15) is 0 Å². The van der Waals surface area contributed by atoms with Gasteiger partial charge in [-0.05, 0) is 54.7 Å². The number of hydrogen-bond donors (Lipinski definition) is 1. The predicted molar refractivity (Wildman–Crippen MR) is 111 cm³/mol. The van der Waals surface area contributed by atoms with E-state index in [1.54, 1.807) is 0 Å². The average Bonchev–Trinajstić information content (AvgIpc) is 2.58. The summed E-state index contributed by atoms with van der Waals surface area (Å²) in [4.78, 5) is -1.08. The van der Waals surface area contributed by atoms with Crippen molar-refractivity contribution in [2.75, 3.05) is 13.2 Å². The van der Waals surface area contributed by atoms with E-state index in [1.165, 1.54) is 0 Å². The summed E-state index contributed by atoms with van der Waals surface area (Å²) in [6.07, 6.45) is -8.98. The summed E-state index contributed by atoms with van der Waals surface area (Å²) in [5.74, 6) is 0. The first-order valence-corrected chi connectivity index (χ1v) is 14.3. The van der Waals surface area contributed by atoms with Crippen molar-refractivity contribution in [3.05, 3.63) is 40.5 Å². The van der Waals surface area contributed by atoms with E-state index in [4.69, 9.17) is 4.43 Å². The Morgan fingerprint density at radius 3 is 1.75 bits per heavy atom. The lowest BCUT2D eigenvalue weighted by atomic mass is 9.89. The van der Waals surface area contributed by atoms with Gasteiger partial charge in [-0.1, -0.05) is 26.3 Å². The van der Waals surface area contributed by atoms with Crippen molar-refractivity contribution >= 4 is 18.3 Å². The van der Waals surface area contributed by atoms with Gasteiger partial charge in [-0.25, -0.2) is 13.1 Å². The third kappa shape index (κ3) is 6.36. The molecule has 182 valence electrons. The van der Waals surface area contributed by atoms with Gasteiger partial charge in [-0.15, -0.1) is 0 Å². The molecule has 0 bridgehead atoms. The lowest BCUT2D eigenvalue weighted by Crippen LogP contribution is -2.41. The monoisotopic (exact) mass is 503 g/mol. The van der Waals surface area contributed by atoms with Crippen LogP contribution < -0.4 is 4.72 Å². The first kappa shape index (κ1) is 26.9. The quantitative estimate of drug-likeness (QED) is 0.277. The number of nitrogens with one attached hydrogen (secondary N) is 1. The molecule has 0 spiro atoms. The van der Waals surface area contributed by atoms with E-state index in [0.29, 0.717) is 19.4 Å². The third-order valence-corrected chi connectivity index (χ3v) is 11.8. The Labute approximate surface area is 185 Å². The van der Waals surface area contributed by atoms with Crippen LogP contribution in [0.1, 0.15) is 44.7 Å². The molecule has 1 N–H and O–H groups in total. The summed E-state index contributed by atoms with van der Waals surface area (Å²) in [7, 11) is -6.63. The largest absolute Gasteiger partial charge is 0.416 e. The molecule has 2 rings (SSSR count). The molecule has 1 aromatic rings. The van der Waals surface area contributed by atoms with Crippen molar-refractivity contribution in [2.45, 2.75) is 69.0 Å². The maximum Gasteiger partial charge on any atom is 0.416 e. The van der Waals surface area contributed by atoms with Crippen LogP contribution in [0.15, 0.2) is 34.2 Å². The van der Waals surface area contributed by atoms with E-state index in [1.807, 2.05) is 0 Å². The highest BCUT2D eigenvalue weighted by Crippen LogP contribution is 2.39. The molecule has 0 saturated heterocycles. The fraction of sp³-hybridized carbons (Fsp3) is 0.600. The minimum Gasteiger partial charge on any atom is -0.413 e. The van der Waals surface area contributed by atoms with Crippen LogP contribution in [-0.4, -0.2) is 29.9 Å². The lowest BCUT2D eigenvalue weighted by Gasteiger charge is -2.37. The van der Waals surface area contributed by atoms with Crippen molar-refractivity contribution in [1.82, 2.24) is 4.72 Å². The van der Waals surface area contributed by atoms with Crippen LogP contribution in [0.5, 0.6) is 0 Å². The molecule has 0 heterocycles. The van der Waals surface area contributed by atoms with E-state index in [-0.39, 0.29) is 29.8 Å².